The smallest absolute Gasteiger partial charge is 0.0852 e. The van der Waals surface area contributed by atoms with E-state index in [0.29, 0.717) is 6.04 Å². The molecule has 0 aliphatic carbocycles. The molecule has 2 nitrogen and oxygen atoms in total. The van der Waals surface area contributed by atoms with Crippen LogP contribution in [-0.2, 0) is 17.2 Å². The summed E-state index contributed by atoms with van der Waals surface area (Å²) in [5.74, 6) is 0. The second-order valence-electron chi connectivity index (χ2n) is 5.21. The summed E-state index contributed by atoms with van der Waals surface area (Å²) in [6.45, 7) is 2.18. The van der Waals surface area contributed by atoms with Crippen molar-refractivity contribution in [3.63, 3.8) is 0 Å². The summed E-state index contributed by atoms with van der Waals surface area (Å²) >= 11 is 0. The molecule has 0 aromatic heterocycles. The normalized spacial score (nSPS) is 14.2. The maximum absolute atomic E-state index is 12.7. The maximum atomic E-state index is 12.7. The van der Waals surface area contributed by atoms with Crippen LogP contribution in [0.5, 0.6) is 0 Å². The molecule has 106 valence electrons. The van der Waals surface area contributed by atoms with Crippen LogP contribution < -0.4 is 0 Å². The van der Waals surface area contributed by atoms with Gasteiger partial charge in [0, 0.05) is 15.8 Å². The standard InChI is InChI=1S/C17H21NOS/c1-14(18(2)3)13-15-9-7-8-12-17(15)20(19)16-10-5-4-6-11-16/h4-12,14H,13H2,1-3H3/t14-,20+/m1/s1. The molecule has 0 unspecified atom stereocenters. The van der Waals surface area contributed by atoms with Crippen molar-refractivity contribution in [2.45, 2.75) is 29.2 Å². The lowest BCUT2D eigenvalue weighted by Crippen LogP contribution is -2.27. The van der Waals surface area contributed by atoms with Crippen molar-refractivity contribution in [3.05, 3.63) is 60.2 Å². The molecular weight excluding hydrogens is 266 g/mol. The summed E-state index contributed by atoms with van der Waals surface area (Å²) in [4.78, 5) is 3.97. The first-order valence-corrected chi connectivity index (χ1v) is 7.95. The zero-order valence-electron chi connectivity index (χ0n) is 12.2. The lowest BCUT2D eigenvalue weighted by Gasteiger charge is -2.21. The number of hydrogen-bond acceptors (Lipinski definition) is 2. The first-order chi connectivity index (χ1) is 9.59. The highest BCUT2D eigenvalue weighted by Gasteiger charge is 2.14. The molecule has 2 rings (SSSR count). The van der Waals surface area contributed by atoms with E-state index in [2.05, 4.69) is 32.0 Å². The fourth-order valence-electron chi connectivity index (χ4n) is 2.03. The van der Waals surface area contributed by atoms with Crippen LogP contribution >= 0.6 is 0 Å². The van der Waals surface area contributed by atoms with Gasteiger partial charge in [0.1, 0.15) is 0 Å². The van der Waals surface area contributed by atoms with Crippen LogP contribution in [0.15, 0.2) is 64.4 Å². The van der Waals surface area contributed by atoms with Gasteiger partial charge in [0.15, 0.2) is 0 Å². The van der Waals surface area contributed by atoms with E-state index in [1.807, 2.05) is 48.5 Å². The predicted molar refractivity (Wildman–Crippen MR) is 84.4 cm³/mol. The second kappa shape index (κ2) is 6.82. The van der Waals surface area contributed by atoms with E-state index >= 15 is 0 Å². The Labute approximate surface area is 123 Å². The lowest BCUT2D eigenvalue weighted by atomic mass is 10.1. The summed E-state index contributed by atoms with van der Waals surface area (Å²) in [6, 6.07) is 18.1. The van der Waals surface area contributed by atoms with Gasteiger partial charge >= 0.3 is 0 Å². The monoisotopic (exact) mass is 287 g/mol. The fraction of sp³-hybridized carbons (Fsp3) is 0.294. The molecule has 3 heteroatoms. The molecule has 0 aliphatic heterocycles. The lowest BCUT2D eigenvalue weighted by molar-refractivity contribution is 0.311. The van der Waals surface area contributed by atoms with Crippen molar-refractivity contribution in [3.8, 4) is 0 Å². The minimum atomic E-state index is -1.11. The average Bonchev–Trinajstić information content (AvgIpc) is 2.48. The summed E-state index contributed by atoms with van der Waals surface area (Å²) in [7, 11) is 3.04. The van der Waals surface area contributed by atoms with Gasteiger partial charge in [-0.1, -0.05) is 36.4 Å². The van der Waals surface area contributed by atoms with Gasteiger partial charge in [0.2, 0.25) is 0 Å². The van der Waals surface area contributed by atoms with Crippen LogP contribution in [-0.4, -0.2) is 29.2 Å². The molecule has 0 saturated heterocycles. The molecule has 0 radical (unpaired) electrons. The molecule has 2 atom stereocenters. The van der Waals surface area contributed by atoms with Gasteiger partial charge in [-0.2, -0.15) is 0 Å². The van der Waals surface area contributed by atoms with E-state index in [0.717, 1.165) is 21.8 Å². The SMILES string of the molecule is C[C@H](Cc1ccccc1[S@@](=O)c1ccccc1)N(C)C. The molecule has 2 aromatic rings. The van der Waals surface area contributed by atoms with Crippen molar-refractivity contribution in [2.75, 3.05) is 14.1 Å². The third kappa shape index (κ3) is 3.56. The molecule has 20 heavy (non-hydrogen) atoms. The summed E-state index contributed by atoms with van der Waals surface area (Å²) in [5.41, 5.74) is 1.16. The van der Waals surface area contributed by atoms with Crippen LogP contribution in [0, 0.1) is 0 Å². The highest BCUT2D eigenvalue weighted by Crippen LogP contribution is 2.21. The Morgan fingerprint density at radius 2 is 1.60 bits per heavy atom. The van der Waals surface area contributed by atoms with Gasteiger partial charge < -0.3 is 4.90 Å². The van der Waals surface area contributed by atoms with Crippen LogP contribution in [0.25, 0.3) is 0 Å². The molecule has 2 aromatic carbocycles. The predicted octanol–water partition coefficient (Wildman–Crippen LogP) is 3.35. The van der Waals surface area contributed by atoms with Gasteiger partial charge in [0.05, 0.1) is 10.8 Å². The van der Waals surface area contributed by atoms with E-state index in [1.54, 1.807) is 0 Å². The van der Waals surface area contributed by atoms with Crippen molar-refractivity contribution in [2.24, 2.45) is 0 Å². The van der Waals surface area contributed by atoms with Crippen molar-refractivity contribution >= 4 is 10.8 Å². The molecule has 0 fully saturated rings. The van der Waals surface area contributed by atoms with Gasteiger partial charge in [-0.25, -0.2) is 4.21 Å². The largest absolute Gasteiger partial charge is 0.306 e. The van der Waals surface area contributed by atoms with E-state index in [1.165, 1.54) is 0 Å². The Morgan fingerprint density at radius 1 is 1.00 bits per heavy atom. The number of benzene rings is 2. The Morgan fingerprint density at radius 3 is 2.25 bits per heavy atom. The molecule has 0 heterocycles. The first-order valence-electron chi connectivity index (χ1n) is 6.80. The third-order valence-corrected chi connectivity index (χ3v) is 5.02. The molecule has 0 saturated carbocycles. The summed E-state index contributed by atoms with van der Waals surface area (Å²) in [5, 5.41) is 0. The zero-order chi connectivity index (χ0) is 14.5. The highest BCUT2D eigenvalue weighted by atomic mass is 32.2. The summed E-state index contributed by atoms with van der Waals surface area (Å²) in [6.07, 6.45) is 0.905. The third-order valence-electron chi connectivity index (χ3n) is 3.53. The van der Waals surface area contributed by atoms with Crippen molar-refractivity contribution in [1.29, 1.82) is 0 Å². The minimum Gasteiger partial charge on any atom is -0.306 e. The minimum absolute atomic E-state index is 0.420. The molecule has 0 spiro atoms. The van der Waals surface area contributed by atoms with E-state index in [9.17, 15) is 4.21 Å². The molecule has 0 N–H and O–H groups in total. The number of hydrogen-bond donors (Lipinski definition) is 0. The fourth-order valence-corrected chi connectivity index (χ4v) is 3.28. The zero-order valence-corrected chi connectivity index (χ0v) is 13.1. The van der Waals surface area contributed by atoms with Gasteiger partial charge in [-0.05, 0) is 51.2 Å². The van der Waals surface area contributed by atoms with Crippen LogP contribution in [0.2, 0.25) is 0 Å². The summed E-state index contributed by atoms with van der Waals surface area (Å²) < 4.78 is 12.7. The van der Waals surface area contributed by atoms with E-state index < -0.39 is 10.8 Å². The maximum Gasteiger partial charge on any atom is 0.0852 e. The Hall–Kier alpha value is -1.45. The van der Waals surface area contributed by atoms with Crippen LogP contribution in [0.3, 0.4) is 0 Å². The second-order valence-corrected chi connectivity index (χ2v) is 6.65. The average molecular weight is 287 g/mol. The molecule has 0 amide bonds. The Kier molecular flexibility index (Phi) is 5.10. The topological polar surface area (TPSA) is 20.3 Å². The number of likely N-dealkylation sites (N-methyl/N-ethyl adjacent to an activating group) is 1. The molecule has 0 aliphatic rings. The quantitative estimate of drug-likeness (QED) is 0.840. The van der Waals surface area contributed by atoms with Gasteiger partial charge in [0.25, 0.3) is 0 Å². The number of rotatable bonds is 5. The van der Waals surface area contributed by atoms with Gasteiger partial charge in [-0.3, -0.25) is 0 Å². The van der Waals surface area contributed by atoms with Crippen molar-refractivity contribution in [1.82, 2.24) is 4.90 Å². The Balaban J connectivity index is 2.31. The molecular formula is C17H21NOS. The Bertz CT molecular complexity index is 581. The molecule has 0 bridgehead atoms. The first kappa shape index (κ1) is 14.9. The van der Waals surface area contributed by atoms with E-state index in [4.69, 9.17) is 0 Å². The highest BCUT2D eigenvalue weighted by molar-refractivity contribution is 7.85. The van der Waals surface area contributed by atoms with E-state index in [-0.39, 0.29) is 0 Å². The van der Waals surface area contributed by atoms with Crippen molar-refractivity contribution < 1.29 is 4.21 Å². The van der Waals surface area contributed by atoms with Gasteiger partial charge in [-0.15, -0.1) is 0 Å². The van der Waals surface area contributed by atoms with Crippen LogP contribution in [0.1, 0.15) is 12.5 Å². The number of nitrogens with zero attached hydrogens (tertiary/aromatic N) is 1. The van der Waals surface area contributed by atoms with Crippen LogP contribution in [0.4, 0.5) is 0 Å².